The molecule has 23 heavy (non-hydrogen) atoms. The highest BCUT2D eigenvalue weighted by molar-refractivity contribution is 5.91. The molecule has 1 unspecified atom stereocenters. The van der Waals surface area contributed by atoms with E-state index in [1.54, 1.807) is 0 Å². The number of hydrogen-bond donors (Lipinski definition) is 2. The molecule has 1 heterocycles. The molecule has 1 aromatic heterocycles. The number of aromatic amines is 1. The third-order valence-electron chi connectivity index (χ3n) is 4.68. The van der Waals surface area contributed by atoms with Crippen molar-refractivity contribution in [2.75, 3.05) is 0 Å². The summed E-state index contributed by atoms with van der Waals surface area (Å²) in [5, 5.41) is 3.13. The molecule has 3 aromatic rings. The van der Waals surface area contributed by atoms with Gasteiger partial charge in [0.2, 0.25) is 5.91 Å². The van der Waals surface area contributed by atoms with Gasteiger partial charge in [0.1, 0.15) is 5.82 Å². The zero-order chi connectivity index (χ0) is 15.9. The van der Waals surface area contributed by atoms with E-state index in [9.17, 15) is 4.79 Å². The van der Waals surface area contributed by atoms with Crippen LogP contribution in [0, 0.1) is 0 Å². The number of H-pyrrole nitrogens is 1. The van der Waals surface area contributed by atoms with E-state index in [-0.39, 0.29) is 17.4 Å². The van der Waals surface area contributed by atoms with Crippen LogP contribution in [0.15, 0.2) is 54.6 Å². The normalized spacial score (nSPS) is 16.9. The molecule has 1 amide bonds. The minimum Gasteiger partial charge on any atom is -0.346 e. The first-order chi connectivity index (χ1) is 11.2. The highest BCUT2D eigenvalue weighted by Crippen LogP contribution is 2.48. The number of aromatic nitrogens is 2. The summed E-state index contributed by atoms with van der Waals surface area (Å²) < 4.78 is 0. The van der Waals surface area contributed by atoms with Gasteiger partial charge < -0.3 is 10.3 Å². The predicted octanol–water partition coefficient (Wildman–Crippen LogP) is 3.47. The molecule has 1 saturated carbocycles. The summed E-state index contributed by atoms with van der Waals surface area (Å²) >= 11 is 0. The molecule has 4 heteroatoms. The fourth-order valence-corrected chi connectivity index (χ4v) is 3.11. The topological polar surface area (TPSA) is 57.8 Å². The molecular formula is C19H19N3O. The molecule has 0 bridgehead atoms. The number of benzene rings is 2. The molecule has 4 nitrogen and oxygen atoms in total. The van der Waals surface area contributed by atoms with Crippen LogP contribution in [-0.4, -0.2) is 15.9 Å². The maximum Gasteiger partial charge on any atom is 0.231 e. The second kappa shape index (κ2) is 5.23. The number of nitrogens with zero attached hydrogens (tertiary/aromatic N) is 1. The van der Waals surface area contributed by atoms with Gasteiger partial charge in [-0.15, -0.1) is 0 Å². The second-order valence-corrected chi connectivity index (χ2v) is 6.28. The molecule has 4 rings (SSSR count). The fraction of sp³-hybridized carbons (Fsp3) is 0.263. The van der Waals surface area contributed by atoms with Crippen molar-refractivity contribution in [3.8, 4) is 0 Å². The maximum atomic E-state index is 12.8. The Kier molecular flexibility index (Phi) is 3.18. The van der Waals surface area contributed by atoms with Gasteiger partial charge in [-0.3, -0.25) is 4.79 Å². The Morgan fingerprint density at radius 1 is 1.13 bits per heavy atom. The first-order valence-corrected chi connectivity index (χ1v) is 8.00. The van der Waals surface area contributed by atoms with Crippen LogP contribution in [0.5, 0.6) is 0 Å². The van der Waals surface area contributed by atoms with Gasteiger partial charge in [0.05, 0.1) is 22.5 Å². The summed E-state index contributed by atoms with van der Waals surface area (Å²) in [6.45, 7) is 1.97. The number of rotatable bonds is 4. The Balaban J connectivity index is 1.54. The number of fused-ring (bicyclic) bond motifs is 1. The number of carbonyl (C=O) groups excluding carboxylic acids is 1. The molecule has 0 radical (unpaired) electrons. The van der Waals surface area contributed by atoms with E-state index in [1.165, 1.54) is 0 Å². The van der Waals surface area contributed by atoms with Crippen molar-refractivity contribution in [3.05, 3.63) is 66.0 Å². The average molecular weight is 305 g/mol. The third kappa shape index (κ3) is 2.40. The monoisotopic (exact) mass is 305 g/mol. The van der Waals surface area contributed by atoms with E-state index in [0.717, 1.165) is 35.3 Å². The maximum absolute atomic E-state index is 12.8. The lowest BCUT2D eigenvalue weighted by Gasteiger charge is -2.19. The Hall–Kier alpha value is -2.62. The van der Waals surface area contributed by atoms with Crippen LogP contribution in [0.1, 0.15) is 37.2 Å². The molecule has 0 aliphatic heterocycles. The summed E-state index contributed by atoms with van der Waals surface area (Å²) in [5.41, 5.74) is 2.68. The van der Waals surface area contributed by atoms with Gasteiger partial charge in [0.25, 0.3) is 0 Å². The average Bonchev–Trinajstić information content (AvgIpc) is 3.28. The predicted molar refractivity (Wildman–Crippen MR) is 90.0 cm³/mol. The largest absolute Gasteiger partial charge is 0.346 e. The number of carbonyl (C=O) groups is 1. The van der Waals surface area contributed by atoms with Crippen molar-refractivity contribution in [2.24, 2.45) is 0 Å². The minimum absolute atomic E-state index is 0.0941. The summed E-state index contributed by atoms with van der Waals surface area (Å²) in [7, 11) is 0. The first kappa shape index (κ1) is 14.0. The van der Waals surface area contributed by atoms with Gasteiger partial charge in [-0.05, 0) is 37.5 Å². The Morgan fingerprint density at radius 2 is 1.83 bits per heavy atom. The van der Waals surface area contributed by atoms with Gasteiger partial charge in [-0.1, -0.05) is 42.5 Å². The van der Waals surface area contributed by atoms with Crippen LogP contribution in [0.4, 0.5) is 0 Å². The summed E-state index contributed by atoms with van der Waals surface area (Å²) in [6, 6.07) is 17.8. The van der Waals surface area contributed by atoms with E-state index >= 15 is 0 Å². The molecule has 1 atom stereocenters. The van der Waals surface area contributed by atoms with Crippen LogP contribution >= 0.6 is 0 Å². The molecule has 1 aliphatic rings. The molecule has 0 spiro atoms. The Labute approximate surface area is 134 Å². The number of hydrogen-bond acceptors (Lipinski definition) is 2. The van der Waals surface area contributed by atoms with Crippen molar-refractivity contribution in [3.63, 3.8) is 0 Å². The SMILES string of the molecule is CC(NC(=O)C1(c2ccccc2)CC1)c1nc2ccccc2[nH]1. The highest BCUT2D eigenvalue weighted by atomic mass is 16.2. The van der Waals surface area contributed by atoms with E-state index in [0.29, 0.717) is 0 Å². The van der Waals surface area contributed by atoms with Crippen LogP contribution in [0.2, 0.25) is 0 Å². The molecule has 116 valence electrons. The highest BCUT2D eigenvalue weighted by Gasteiger charge is 2.51. The van der Waals surface area contributed by atoms with Crippen LogP contribution in [-0.2, 0) is 10.2 Å². The molecule has 2 aromatic carbocycles. The van der Waals surface area contributed by atoms with Crippen LogP contribution < -0.4 is 5.32 Å². The number of amides is 1. The van der Waals surface area contributed by atoms with Crippen LogP contribution in [0.25, 0.3) is 11.0 Å². The van der Waals surface area contributed by atoms with Crippen molar-refractivity contribution >= 4 is 16.9 Å². The number of nitrogens with one attached hydrogen (secondary N) is 2. The van der Waals surface area contributed by atoms with E-state index in [4.69, 9.17) is 0 Å². The van der Waals surface area contributed by atoms with E-state index in [2.05, 4.69) is 15.3 Å². The Morgan fingerprint density at radius 3 is 2.52 bits per heavy atom. The quantitative estimate of drug-likeness (QED) is 0.775. The lowest BCUT2D eigenvalue weighted by Crippen LogP contribution is -2.36. The summed E-state index contributed by atoms with van der Waals surface area (Å²) in [4.78, 5) is 20.6. The van der Waals surface area contributed by atoms with Gasteiger partial charge in [0, 0.05) is 0 Å². The standard InChI is InChI=1S/C19H19N3O/c1-13(17-21-15-9-5-6-10-16(15)22-17)20-18(23)19(11-12-19)14-7-3-2-4-8-14/h2-10,13H,11-12H2,1H3,(H,20,23)(H,21,22). The molecular weight excluding hydrogens is 286 g/mol. The molecule has 2 N–H and O–H groups in total. The van der Waals surface area contributed by atoms with Gasteiger partial charge in [-0.25, -0.2) is 4.98 Å². The van der Waals surface area contributed by atoms with Crippen molar-refractivity contribution in [1.29, 1.82) is 0 Å². The van der Waals surface area contributed by atoms with Gasteiger partial charge in [0.15, 0.2) is 0 Å². The fourth-order valence-electron chi connectivity index (χ4n) is 3.11. The third-order valence-corrected chi connectivity index (χ3v) is 4.68. The summed E-state index contributed by atoms with van der Waals surface area (Å²) in [5.74, 6) is 0.889. The van der Waals surface area contributed by atoms with Gasteiger partial charge >= 0.3 is 0 Å². The van der Waals surface area contributed by atoms with Crippen molar-refractivity contribution in [2.45, 2.75) is 31.2 Å². The second-order valence-electron chi connectivity index (χ2n) is 6.28. The number of para-hydroxylation sites is 2. The molecule has 1 aliphatic carbocycles. The van der Waals surface area contributed by atoms with Crippen LogP contribution in [0.3, 0.4) is 0 Å². The van der Waals surface area contributed by atoms with Crippen molar-refractivity contribution < 1.29 is 4.79 Å². The Bertz CT molecular complexity index is 816. The summed E-state index contributed by atoms with van der Waals surface area (Å²) in [6.07, 6.45) is 1.82. The zero-order valence-corrected chi connectivity index (χ0v) is 13.0. The smallest absolute Gasteiger partial charge is 0.231 e. The zero-order valence-electron chi connectivity index (χ0n) is 13.0. The molecule has 1 fully saturated rings. The lowest BCUT2D eigenvalue weighted by molar-refractivity contribution is -0.124. The van der Waals surface area contributed by atoms with Gasteiger partial charge in [-0.2, -0.15) is 0 Å². The lowest BCUT2D eigenvalue weighted by atomic mass is 9.95. The van der Waals surface area contributed by atoms with E-state index < -0.39 is 0 Å². The minimum atomic E-state index is -0.346. The molecule has 0 saturated heterocycles. The number of imidazole rings is 1. The van der Waals surface area contributed by atoms with Crippen molar-refractivity contribution in [1.82, 2.24) is 15.3 Å². The van der Waals surface area contributed by atoms with E-state index in [1.807, 2.05) is 61.5 Å². The first-order valence-electron chi connectivity index (χ1n) is 8.00.